The van der Waals surface area contributed by atoms with Crippen LogP contribution in [0, 0.1) is 0 Å². The fourth-order valence-electron chi connectivity index (χ4n) is 2.75. The van der Waals surface area contributed by atoms with Gasteiger partial charge in [0, 0.05) is 25.7 Å². The van der Waals surface area contributed by atoms with Gasteiger partial charge in [-0.1, -0.05) is 6.92 Å². The summed E-state index contributed by atoms with van der Waals surface area (Å²) in [5.41, 5.74) is 1.03. The molecule has 2 rings (SSSR count). The summed E-state index contributed by atoms with van der Waals surface area (Å²) in [7, 11) is 0. The Morgan fingerprint density at radius 1 is 1.40 bits per heavy atom. The molecule has 0 aliphatic carbocycles. The van der Waals surface area contributed by atoms with E-state index < -0.39 is 0 Å². The summed E-state index contributed by atoms with van der Waals surface area (Å²) >= 11 is 0. The lowest BCUT2D eigenvalue weighted by atomic mass is 10.1. The second-order valence-electron chi connectivity index (χ2n) is 5.45. The minimum absolute atomic E-state index is 0.294. The van der Waals surface area contributed by atoms with E-state index in [4.69, 9.17) is 5.11 Å². The molecule has 20 heavy (non-hydrogen) atoms. The van der Waals surface area contributed by atoms with Crippen molar-refractivity contribution in [1.82, 2.24) is 14.9 Å². The van der Waals surface area contributed by atoms with Crippen LogP contribution in [0.5, 0.6) is 0 Å². The number of hydrogen-bond acceptors (Lipinski definition) is 5. The molecule has 1 unspecified atom stereocenters. The quantitative estimate of drug-likeness (QED) is 0.762. The zero-order valence-electron chi connectivity index (χ0n) is 12.4. The molecule has 1 fully saturated rings. The van der Waals surface area contributed by atoms with Gasteiger partial charge in [0.15, 0.2) is 0 Å². The first kappa shape index (κ1) is 15.2. The molecule has 0 bridgehead atoms. The number of aliphatic hydroxyl groups is 1. The average molecular weight is 278 g/mol. The molecule has 5 nitrogen and oxygen atoms in total. The Labute approximate surface area is 121 Å². The summed E-state index contributed by atoms with van der Waals surface area (Å²) in [6.45, 7) is 5.37. The van der Waals surface area contributed by atoms with E-state index >= 15 is 0 Å². The number of anilines is 1. The largest absolute Gasteiger partial charge is 0.396 e. The van der Waals surface area contributed by atoms with Crippen molar-refractivity contribution in [2.45, 2.75) is 51.6 Å². The topological polar surface area (TPSA) is 61.3 Å². The second kappa shape index (κ2) is 8.17. The number of rotatable bonds is 8. The monoisotopic (exact) mass is 278 g/mol. The van der Waals surface area contributed by atoms with E-state index in [1.807, 2.05) is 12.4 Å². The maximum Gasteiger partial charge on any atom is 0.144 e. The molecule has 0 amide bonds. The lowest BCUT2D eigenvalue weighted by molar-refractivity contribution is 0.208. The highest BCUT2D eigenvalue weighted by molar-refractivity contribution is 5.30. The van der Waals surface area contributed by atoms with Gasteiger partial charge in [0.25, 0.3) is 0 Å². The SMILES string of the molecule is CCCNc1cnc(CN2CCCC2CCCO)cn1. The van der Waals surface area contributed by atoms with Crippen molar-refractivity contribution in [2.24, 2.45) is 0 Å². The van der Waals surface area contributed by atoms with Crippen LogP contribution in [0.4, 0.5) is 5.82 Å². The fraction of sp³-hybridized carbons (Fsp3) is 0.733. The Morgan fingerprint density at radius 3 is 3.00 bits per heavy atom. The van der Waals surface area contributed by atoms with E-state index in [0.717, 1.165) is 50.4 Å². The van der Waals surface area contributed by atoms with Crippen LogP contribution in [-0.2, 0) is 6.54 Å². The number of aliphatic hydroxyl groups excluding tert-OH is 1. The predicted molar refractivity (Wildman–Crippen MR) is 80.6 cm³/mol. The van der Waals surface area contributed by atoms with Gasteiger partial charge in [-0.3, -0.25) is 9.88 Å². The summed E-state index contributed by atoms with van der Waals surface area (Å²) < 4.78 is 0. The van der Waals surface area contributed by atoms with Gasteiger partial charge in [0.1, 0.15) is 5.82 Å². The Balaban J connectivity index is 1.85. The van der Waals surface area contributed by atoms with Crippen molar-refractivity contribution >= 4 is 5.82 Å². The van der Waals surface area contributed by atoms with Gasteiger partial charge in [-0.15, -0.1) is 0 Å². The van der Waals surface area contributed by atoms with Crippen molar-refractivity contribution in [2.75, 3.05) is 25.0 Å². The third-order valence-corrected chi connectivity index (χ3v) is 3.82. The molecule has 1 saturated heterocycles. The van der Waals surface area contributed by atoms with Crippen LogP contribution in [0.2, 0.25) is 0 Å². The van der Waals surface area contributed by atoms with Crippen molar-refractivity contribution < 1.29 is 5.11 Å². The van der Waals surface area contributed by atoms with Crippen molar-refractivity contribution in [3.05, 3.63) is 18.1 Å². The van der Waals surface area contributed by atoms with Gasteiger partial charge in [0.2, 0.25) is 0 Å². The summed E-state index contributed by atoms with van der Waals surface area (Å²) in [5, 5.41) is 12.2. The first-order valence-corrected chi connectivity index (χ1v) is 7.73. The third kappa shape index (κ3) is 4.42. The standard InChI is InChI=1S/C15H26N4O/c1-2-7-16-15-11-17-13(10-18-15)12-19-8-3-5-14(19)6-4-9-20/h10-11,14,20H,2-9,12H2,1H3,(H,16,18). The van der Waals surface area contributed by atoms with Gasteiger partial charge >= 0.3 is 0 Å². The van der Waals surface area contributed by atoms with Gasteiger partial charge < -0.3 is 10.4 Å². The molecule has 1 aromatic rings. The first-order valence-electron chi connectivity index (χ1n) is 7.73. The molecule has 0 saturated carbocycles. The Hall–Kier alpha value is -1.20. The smallest absolute Gasteiger partial charge is 0.144 e. The molecule has 0 aromatic carbocycles. The van der Waals surface area contributed by atoms with Crippen LogP contribution in [0.3, 0.4) is 0 Å². The summed E-state index contributed by atoms with van der Waals surface area (Å²) in [6.07, 6.45) is 9.25. The molecule has 0 radical (unpaired) electrons. The molecule has 0 spiro atoms. The zero-order valence-corrected chi connectivity index (χ0v) is 12.4. The van der Waals surface area contributed by atoms with Crippen LogP contribution in [0.25, 0.3) is 0 Å². The van der Waals surface area contributed by atoms with Crippen molar-refractivity contribution in [1.29, 1.82) is 0 Å². The predicted octanol–water partition coefficient (Wildman–Crippen LogP) is 2.04. The normalized spacial score (nSPS) is 19.4. The maximum absolute atomic E-state index is 8.96. The van der Waals surface area contributed by atoms with Crippen LogP contribution >= 0.6 is 0 Å². The fourth-order valence-corrected chi connectivity index (χ4v) is 2.75. The van der Waals surface area contributed by atoms with Gasteiger partial charge in [-0.2, -0.15) is 0 Å². The minimum atomic E-state index is 0.294. The average Bonchev–Trinajstić information content (AvgIpc) is 2.91. The molecule has 1 atom stereocenters. The molecule has 112 valence electrons. The van der Waals surface area contributed by atoms with Crippen molar-refractivity contribution in [3.63, 3.8) is 0 Å². The number of likely N-dealkylation sites (tertiary alicyclic amines) is 1. The van der Waals surface area contributed by atoms with Crippen LogP contribution in [-0.4, -0.2) is 45.7 Å². The molecule has 1 aromatic heterocycles. The lowest BCUT2D eigenvalue weighted by Gasteiger charge is -2.23. The summed E-state index contributed by atoms with van der Waals surface area (Å²) in [4.78, 5) is 11.4. The van der Waals surface area contributed by atoms with E-state index in [0.29, 0.717) is 12.6 Å². The molecule has 2 N–H and O–H groups in total. The van der Waals surface area contributed by atoms with E-state index in [2.05, 4.69) is 27.1 Å². The first-order chi connectivity index (χ1) is 9.83. The maximum atomic E-state index is 8.96. The van der Waals surface area contributed by atoms with E-state index in [1.165, 1.54) is 12.8 Å². The summed E-state index contributed by atoms with van der Waals surface area (Å²) in [6, 6.07) is 0.599. The van der Waals surface area contributed by atoms with E-state index in [1.54, 1.807) is 0 Å². The number of nitrogens with zero attached hydrogens (tertiary/aromatic N) is 3. The number of aromatic nitrogens is 2. The Kier molecular flexibility index (Phi) is 6.21. The highest BCUT2D eigenvalue weighted by Gasteiger charge is 2.24. The summed E-state index contributed by atoms with van der Waals surface area (Å²) in [5.74, 6) is 0.855. The third-order valence-electron chi connectivity index (χ3n) is 3.82. The minimum Gasteiger partial charge on any atom is -0.396 e. The van der Waals surface area contributed by atoms with Gasteiger partial charge in [0.05, 0.1) is 18.1 Å². The molecule has 2 heterocycles. The van der Waals surface area contributed by atoms with Crippen LogP contribution in [0.15, 0.2) is 12.4 Å². The zero-order chi connectivity index (χ0) is 14.2. The number of hydrogen-bond donors (Lipinski definition) is 2. The van der Waals surface area contributed by atoms with Crippen molar-refractivity contribution in [3.8, 4) is 0 Å². The molecule has 1 aliphatic heterocycles. The molecular weight excluding hydrogens is 252 g/mol. The highest BCUT2D eigenvalue weighted by atomic mass is 16.2. The number of nitrogens with one attached hydrogen (secondary N) is 1. The molecule has 1 aliphatic rings. The van der Waals surface area contributed by atoms with E-state index in [-0.39, 0.29) is 0 Å². The van der Waals surface area contributed by atoms with Gasteiger partial charge in [-0.05, 0) is 38.6 Å². The molecular formula is C15H26N4O. The second-order valence-corrected chi connectivity index (χ2v) is 5.45. The van der Waals surface area contributed by atoms with Gasteiger partial charge in [-0.25, -0.2) is 4.98 Å². The molecule has 5 heteroatoms. The Bertz CT molecular complexity index is 382. The van der Waals surface area contributed by atoms with Crippen LogP contribution < -0.4 is 5.32 Å². The lowest BCUT2D eigenvalue weighted by Crippen LogP contribution is -2.29. The van der Waals surface area contributed by atoms with E-state index in [9.17, 15) is 0 Å². The Morgan fingerprint density at radius 2 is 2.30 bits per heavy atom. The van der Waals surface area contributed by atoms with Crippen LogP contribution in [0.1, 0.15) is 44.7 Å². The highest BCUT2D eigenvalue weighted by Crippen LogP contribution is 2.22.